The molecule has 0 saturated carbocycles. The Labute approximate surface area is 117 Å². The predicted octanol–water partition coefficient (Wildman–Crippen LogP) is 0.778. The summed E-state index contributed by atoms with van der Waals surface area (Å²) in [7, 11) is 1.50. The van der Waals surface area contributed by atoms with Crippen molar-refractivity contribution in [1.29, 1.82) is 0 Å². The average molecular weight is 284 g/mol. The summed E-state index contributed by atoms with van der Waals surface area (Å²) in [6.45, 7) is 7.03. The van der Waals surface area contributed by atoms with Crippen molar-refractivity contribution in [3.05, 3.63) is 23.8 Å². The number of imide groups is 1. The molecular weight excluding hydrogens is 264 g/mol. The summed E-state index contributed by atoms with van der Waals surface area (Å²) in [6.07, 6.45) is 1.52. The Morgan fingerprint density at radius 2 is 1.90 bits per heavy atom. The SMILES string of the molecule is C=CCN(CCOC)C(=O)NC(=O)/C(C)=C(/C)C(=O)O. The summed E-state index contributed by atoms with van der Waals surface area (Å²) in [4.78, 5) is 35.7. The Morgan fingerprint density at radius 3 is 2.35 bits per heavy atom. The van der Waals surface area contributed by atoms with Gasteiger partial charge in [-0.25, -0.2) is 9.59 Å². The van der Waals surface area contributed by atoms with Gasteiger partial charge in [-0.3, -0.25) is 10.1 Å². The van der Waals surface area contributed by atoms with E-state index in [1.54, 1.807) is 0 Å². The second kappa shape index (κ2) is 8.87. The number of nitrogens with one attached hydrogen (secondary N) is 1. The molecule has 0 aliphatic heterocycles. The first-order chi connectivity index (χ1) is 9.34. The number of carbonyl (C=O) groups is 3. The van der Waals surface area contributed by atoms with Gasteiger partial charge in [-0.15, -0.1) is 6.58 Å². The van der Waals surface area contributed by atoms with E-state index in [0.29, 0.717) is 13.2 Å². The number of hydrogen-bond acceptors (Lipinski definition) is 4. The van der Waals surface area contributed by atoms with Crippen molar-refractivity contribution in [2.24, 2.45) is 0 Å². The minimum absolute atomic E-state index is 0.0175. The maximum absolute atomic E-state index is 11.9. The van der Waals surface area contributed by atoms with Crippen molar-refractivity contribution in [3.8, 4) is 0 Å². The molecule has 0 spiro atoms. The Hall–Kier alpha value is -2.15. The fraction of sp³-hybridized carbons (Fsp3) is 0.462. The zero-order valence-electron chi connectivity index (χ0n) is 11.9. The highest BCUT2D eigenvalue weighted by molar-refractivity contribution is 6.07. The van der Waals surface area contributed by atoms with E-state index in [9.17, 15) is 14.4 Å². The van der Waals surface area contributed by atoms with Crippen LogP contribution in [-0.2, 0) is 14.3 Å². The Bertz CT molecular complexity index is 428. The summed E-state index contributed by atoms with van der Waals surface area (Å²) in [5, 5.41) is 10.9. The van der Waals surface area contributed by atoms with Gasteiger partial charge in [0.1, 0.15) is 0 Å². The fourth-order valence-electron chi connectivity index (χ4n) is 1.23. The van der Waals surface area contributed by atoms with Crippen LogP contribution in [0, 0.1) is 0 Å². The number of nitrogens with zero attached hydrogens (tertiary/aromatic N) is 1. The van der Waals surface area contributed by atoms with Gasteiger partial charge < -0.3 is 14.7 Å². The molecule has 0 heterocycles. The number of urea groups is 1. The molecule has 0 aromatic carbocycles. The van der Waals surface area contributed by atoms with Crippen molar-refractivity contribution < 1.29 is 24.2 Å². The van der Waals surface area contributed by atoms with Crippen LogP contribution < -0.4 is 5.32 Å². The number of carboxylic acid groups (broad SMARTS) is 1. The maximum atomic E-state index is 11.9. The summed E-state index contributed by atoms with van der Waals surface area (Å²) >= 11 is 0. The maximum Gasteiger partial charge on any atom is 0.331 e. The predicted molar refractivity (Wildman–Crippen MR) is 73.2 cm³/mol. The molecule has 0 aliphatic carbocycles. The highest BCUT2D eigenvalue weighted by Crippen LogP contribution is 2.04. The van der Waals surface area contributed by atoms with Crippen LogP contribution in [0.25, 0.3) is 0 Å². The lowest BCUT2D eigenvalue weighted by Gasteiger charge is -2.20. The van der Waals surface area contributed by atoms with Gasteiger partial charge in [0.2, 0.25) is 0 Å². The van der Waals surface area contributed by atoms with E-state index < -0.39 is 17.9 Å². The summed E-state index contributed by atoms with van der Waals surface area (Å²) in [6, 6.07) is -0.621. The molecule has 7 nitrogen and oxygen atoms in total. The molecule has 0 atom stereocenters. The monoisotopic (exact) mass is 284 g/mol. The minimum Gasteiger partial charge on any atom is -0.478 e. The fourth-order valence-corrected chi connectivity index (χ4v) is 1.23. The van der Waals surface area contributed by atoms with Crippen LogP contribution in [0.3, 0.4) is 0 Å². The molecule has 0 aromatic rings. The largest absolute Gasteiger partial charge is 0.478 e. The summed E-state index contributed by atoms with van der Waals surface area (Å²) < 4.78 is 4.86. The third kappa shape index (κ3) is 5.66. The van der Waals surface area contributed by atoms with Crippen LogP contribution >= 0.6 is 0 Å². The van der Waals surface area contributed by atoms with Gasteiger partial charge in [-0.2, -0.15) is 0 Å². The molecule has 0 aliphatic rings. The molecule has 20 heavy (non-hydrogen) atoms. The first-order valence-electron chi connectivity index (χ1n) is 5.96. The number of carboxylic acids is 1. The highest BCUT2D eigenvalue weighted by atomic mass is 16.5. The average Bonchev–Trinajstić information content (AvgIpc) is 2.41. The molecule has 3 amide bonds. The quantitative estimate of drug-likeness (QED) is 0.532. The third-order valence-corrected chi connectivity index (χ3v) is 2.65. The molecule has 0 saturated heterocycles. The van der Waals surface area contributed by atoms with Gasteiger partial charge in [0.15, 0.2) is 0 Å². The first-order valence-corrected chi connectivity index (χ1v) is 5.96. The van der Waals surface area contributed by atoms with E-state index in [-0.39, 0.29) is 17.7 Å². The number of methoxy groups -OCH3 is 1. The van der Waals surface area contributed by atoms with Crippen LogP contribution in [0.2, 0.25) is 0 Å². The molecule has 0 fully saturated rings. The molecular formula is C13H20N2O5. The number of ether oxygens (including phenoxy) is 1. The Kier molecular flexibility index (Phi) is 7.91. The van der Waals surface area contributed by atoms with Gasteiger partial charge in [0.05, 0.1) is 6.61 Å². The molecule has 7 heteroatoms. The zero-order valence-corrected chi connectivity index (χ0v) is 11.9. The topological polar surface area (TPSA) is 95.9 Å². The molecule has 0 rings (SSSR count). The molecule has 0 bridgehead atoms. The van der Waals surface area contributed by atoms with Crippen LogP contribution in [0.15, 0.2) is 23.8 Å². The minimum atomic E-state index is -1.20. The number of amides is 3. The molecule has 2 N–H and O–H groups in total. The first kappa shape index (κ1) is 17.8. The van der Waals surface area contributed by atoms with E-state index in [4.69, 9.17) is 9.84 Å². The van der Waals surface area contributed by atoms with E-state index in [1.165, 1.54) is 31.9 Å². The number of hydrogen-bond donors (Lipinski definition) is 2. The van der Waals surface area contributed by atoms with Gasteiger partial charge >= 0.3 is 12.0 Å². The van der Waals surface area contributed by atoms with Crippen molar-refractivity contribution >= 4 is 17.9 Å². The lowest BCUT2D eigenvalue weighted by Crippen LogP contribution is -2.44. The summed E-state index contributed by atoms with van der Waals surface area (Å²) in [5.41, 5.74) is -0.126. The van der Waals surface area contributed by atoms with E-state index in [2.05, 4.69) is 11.9 Å². The molecule has 0 radical (unpaired) electrons. The van der Waals surface area contributed by atoms with Crippen molar-refractivity contribution in [2.45, 2.75) is 13.8 Å². The molecule has 0 unspecified atom stereocenters. The van der Waals surface area contributed by atoms with Crippen LogP contribution in [0.4, 0.5) is 4.79 Å². The van der Waals surface area contributed by atoms with Gasteiger partial charge in [0, 0.05) is 31.3 Å². The van der Waals surface area contributed by atoms with Crippen LogP contribution in [0.1, 0.15) is 13.8 Å². The number of aliphatic carboxylic acids is 1. The highest BCUT2D eigenvalue weighted by Gasteiger charge is 2.18. The van der Waals surface area contributed by atoms with Gasteiger partial charge in [-0.05, 0) is 13.8 Å². The smallest absolute Gasteiger partial charge is 0.331 e. The van der Waals surface area contributed by atoms with E-state index in [1.807, 2.05) is 0 Å². The zero-order chi connectivity index (χ0) is 15.7. The summed E-state index contributed by atoms with van der Waals surface area (Å²) in [5.74, 6) is -1.94. The molecule has 0 aromatic heterocycles. The van der Waals surface area contributed by atoms with E-state index in [0.717, 1.165) is 0 Å². The van der Waals surface area contributed by atoms with E-state index >= 15 is 0 Å². The standard InChI is InChI=1S/C13H20N2O5/c1-5-6-15(7-8-20-4)13(19)14-11(16)9(2)10(3)12(17)18/h5H,1,6-8H2,2-4H3,(H,17,18)(H,14,16,19)/b10-9-. The normalized spacial score (nSPS) is 11.3. The third-order valence-electron chi connectivity index (χ3n) is 2.65. The van der Waals surface area contributed by atoms with Crippen molar-refractivity contribution in [3.63, 3.8) is 0 Å². The number of carbonyl (C=O) groups excluding carboxylic acids is 2. The molecule has 112 valence electrons. The van der Waals surface area contributed by atoms with Crippen molar-refractivity contribution in [1.82, 2.24) is 10.2 Å². The van der Waals surface area contributed by atoms with Gasteiger partial charge in [0.25, 0.3) is 5.91 Å². The second-order valence-electron chi connectivity index (χ2n) is 4.04. The number of rotatable bonds is 7. The van der Waals surface area contributed by atoms with Crippen molar-refractivity contribution in [2.75, 3.05) is 26.8 Å². The lowest BCUT2D eigenvalue weighted by molar-refractivity contribution is -0.133. The van der Waals surface area contributed by atoms with Crippen LogP contribution in [0.5, 0.6) is 0 Å². The van der Waals surface area contributed by atoms with Crippen LogP contribution in [-0.4, -0.2) is 54.7 Å². The Morgan fingerprint density at radius 1 is 1.30 bits per heavy atom. The van der Waals surface area contributed by atoms with Gasteiger partial charge in [-0.1, -0.05) is 6.08 Å². The lowest BCUT2D eigenvalue weighted by atomic mass is 10.1. The second-order valence-corrected chi connectivity index (χ2v) is 4.04. The Balaban J connectivity index is 4.78.